The maximum Gasteiger partial charge on any atom is 0.271 e. The summed E-state index contributed by atoms with van der Waals surface area (Å²) in [6.07, 6.45) is 1.81. The van der Waals surface area contributed by atoms with Gasteiger partial charge in [0.05, 0.1) is 24.8 Å². The van der Waals surface area contributed by atoms with Crippen molar-refractivity contribution in [3.63, 3.8) is 0 Å². The number of nitrogens with zero attached hydrogens (tertiary/aromatic N) is 2. The lowest BCUT2D eigenvalue weighted by molar-refractivity contribution is -0.114. The van der Waals surface area contributed by atoms with Crippen LogP contribution in [0.5, 0.6) is 17.2 Å². The molecule has 0 unspecified atom stereocenters. The first-order valence-corrected chi connectivity index (χ1v) is 13.2. The molecule has 0 spiro atoms. The lowest BCUT2D eigenvalue weighted by Crippen LogP contribution is -2.39. The zero-order valence-electron chi connectivity index (χ0n) is 22.1. The van der Waals surface area contributed by atoms with Crippen LogP contribution in [-0.2, 0) is 11.4 Å². The molecule has 0 saturated carbocycles. The predicted octanol–water partition coefficient (Wildman–Crippen LogP) is 4.42. The molecule has 8 heteroatoms. The molecule has 4 aromatic rings. The van der Waals surface area contributed by atoms with Crippen molar-refractivity contribution in [2.24, 2.45) is 4.99 Å². The third kappa shape index (κ3) is 5.28. The highest BCUT2D eigenvalue weighted by Crippen LogP contribution is 2.32. The third-order valence-corrected chi connectivity index (χ3v) is 7.54. The van der Waals surface area contributed by atoms with E-state index in [1.807, 2.05) is 85.8 Å². The summed E-state index contributed by atoms with van der Waals surface area (Å²) in [4.78, 5) is 31.6. The minimum Gasteiger partial charge on any atom is -0.497 e. The molecule has 1 aromatic heterocycles. The Morgan fingerprint density at radius 3 is 2.41 bits per heavy atom. The maximum absolute atomic E-state index is 13.7. The van der Waals surface area contributed by atoms with Gasteiger partial charge in [0.15, 0.2) is 22.1 Å². The highest BCUT2D eigenvalue weighted by molar-refractivity contribution is 7.07. The lowest BCUT2D eigenvalue weighted by Gasteiger charge is -2.24. The van der Waals surface area contributed by atoms with E-state index in [0.29, 0.717) is 44.5 Å². The fraction of sp³-hybridized carbons (Fsp3) is 0.194. The Balaban J connectivity index is 1.54. The van der Waals surface area contributed by atoms with Gasteiger partial charge in [0.1, 0.15) is 12.4 Å². The minimum atomic E-state index is -0.574. The number of Topliss-reactive ketones (excluding diaryl/α,β-unsaturated/α-hetero) is 1. The summed E-state index contributed by atoms with van der Waals surface area (Å²) in [5.74, 6) is 1.75. The number of ketones is 1. The Morgan fingerprint density at radius 1 is 1.00 bits per heavy atom. The number of thiazole rings is 1. The Morgan fingerprint density at radius 2 is 1.74 bits per heavy atom. The molecule has 7 nitrogen and oxygen atoms in total. The van der Waals surface area contributed by atoms with Gasteiger partial charge in [0.2, 0.25) is 0 Å². The number of carbonyl (C=O) groups excluding carboxylic acids is 1. The predicted molar refractivity (Wildman–Crippen MR) is 151 cm³/mol. The van der Waals surface area contributed by atoms with Crippen LogP contribution in [0.1, 0.15) is 36.6 Å². The summed E-state index contributed by atoms with van der Waals surface area (Å²) in [5, 5.41) is 0. The van der Waals surface area contributed by atoms with E-state index < -0.39 is 6.04 Å². The fourth-order valence-electron chi connectivity index (χ4n) is 4.65. The van der Waals surface area contributed by atoms with Gasteiger partial charge in [-0.15, -0.1) is 0 Å². The van der Waals surface area contributed by atoms with Crippen LogP contribution in [0.2, 0.25) is 0 Å². The molecule has 0 amide bonds. The van der Waals surface area contributed by atoms with E-state index in [1.54, 1.807) is 18.8 Å². The molecule has 1 aliphatic heterocycles. The molecule has 0 N–H and O–H groups in total. The Labute approximate surface area is 229 Å². The monoisotopic (exact) mass is 540 g/mol. The topological polar surface area (TPSA) is 79.1 Å². The smallest absolute Gasteiger partial charge is 0.271 e. The average Bonchev–Trinajstić information content (AvgIpc) is 3.25. The van der Waals surface area contributed by atoms with Crippen LogP contribution in [-0.4, -0.2) is 24.6 Å². The van der Waals surface area contributed by atoms with Crippen molar-refractivity contribution in [2.75, 3.05) is 14.2 Å². The molecule has 0 fully saturated rings. The van der Waals surface area contributed by atoms with Gasteiger partial charge in [-0.05, 0) is 60.9 Å². The molecule has 0 aliphatic carbocycles. The first-order chi connectivity index (χ1) is 18.9. The zero-order chi connectivity index (χ0) is 27.5. The molecule has 5 rings (SSSR count). The maximum atomic E-state index is 13.7. The van der Waals surface area contributed by atoms with Crippen molar-refractivity contribution in [3.05, 3.63) is 120 Å². The number of fused-ring (bicyclic) bond motifs is 1. The zero-order valence-corrected chi connectivity index (χ0v) is 23.0. The van der Waals surface area contributed by atoms with Crippen molar-refractivity contribution in [1.82, 2.24) is 4.57 Å². The van der Waals surface area contributed by atoms with Gasteiger partial charge >= 0.3 is 0 Å². The first-order valence-electron chi connectivity index (χ1n) is 12.4. The quantitative estimate of drug-likeness (QED) is 0.331. The van der Waals surface area contributed by atoms with Crippen molar-refractivity contribution in [3.8, 4) is 17.2 Å². The molecule has 0 radical (unpaired) electrons. The van der Waals surface area contributed by atoms with E-state index in [-0.39, 0.29) is 11.3 Å². The molecule has 2 heterocycles. The summed E-state index contributed by atoms with van der Waals surface area (Å²) in [5.41, 5.74) is 3.54. The normalized spacial score (nSPS) is 15.0. The third-order valence-electron chi connectivity index (χ3n) is 6.56. The van der Waals surface area contributed by atoms with Crippen LogP contribution in [0.4, 0.5) is 0 Å². The van der Waals surface area contributed by atoms with Gasteiger partial charge in [-0.2, -0.15) is 0 Å². The Bertz CT molecular complexity index is 1730. The highest BCUT2D eigenvalue weighted by Gasteiger charge is 2.30. The number of hydrogen-bond donors (Lipinski definition) is 0. The molecule has 0 bridgehead atoms. The van der Waals surface area contributed by atoms with E-state index in [4.69, 9.17) is 14.2 Å². The van der Waals surface area contributed by atoms with Crippen molar-refractivity contribution < 1.29 is 19.0 Å². The number of allylic oxidation sites excluding steroid dienone is 2. The number of ether oxygens (including phenoxy) is 3. The standard InChI is InChI=1S/C31H28N2O5S/c1-19-28(20(2)34)29(23-11-13-24(36-3)14-12-23)33-30(35)27(39-31(33)32-19)17-22-10-15-25(26(16-22)37-4)38-18-21-8-6-5-7-9-21/h5-17,29H,18H2,1-4H3/b27-17+/t29-/m0/s1. The number of hydrogen-bond acceptors (Lipinski definition) is 7. The van der Waals surface area contributed by atoms with E-state index in [2.05, 4.69) is 4.99 Å². The van der Waals surface area contributed by atoms with Crippen molar-refractivity contribution in [1.29, 1.82) is 0 Å². The second kappa shape index (κ2) is 11.1. The van der Waals surface area contributed by atoms with Crippen molar-refractivity contribution in [2.45, 2.75) is 26.5 Å². The number of benzene rings is 3. The molecular weight excluding hydrogens is 512 g/mol. The molecular formula is C31H28N2O5S. The van der Waals surface area contributed by atoms with E-state index in [0.717, 1.165) is 16.7 Å². The van der Waals surface area contributed by atoms with Gasteiger partial charge in [-0.25, -0.2) is 4.99 Å². The molecule has 0 saturated heterocycles. The Kier molecular flexibility index (Phi) is 7.47. The van der Waals surface area contributed by atoms with Gasteiger partial charge in [0.25, 0.3) is 5.56 Å². The minimum absolute atomic E-state index is 0.123. The lowest BCUT2D eigenvalue weighted by atomic mass is 9.93. The van der Waals surface area contributed by atoms with Gasteiger partial charge in [0, 0.05) is 11.3 Å². The molecule has 1 atom stereocenters. The van der Waals surface area contributed by atoms with Crippen LogP contribution in [0, 0.1) is 0 Å². The second-order valence-corrected chi connectivity index (χ2v) is 10.1. The number of carbonyl (C=O) groups is 1. The van der Waals surface area contributed by atoms with Crippen molar-refractivity contribution >= 4 is 23.2 Å². The summed E-state index contributed by atoms with van der Waals surface area (Å²) < 4.78 is 19.0. The van der Waals surface area contributed by atoms with Gasteiger partial charge < -0.3 is 14.2 Å². The van der Waals surface area contributed by atoms with Crippen LogP contribution >= 0.6 is 11.3 Å². The van der Waals surface area contributed by atoms with E-state index >= 15 is 0 Å². The highest BCUT2D eigenvalue weighted by atomic mass is 32.1. The average molecular weight is 541 g/mol. The summed E-state index contributed by atoms with van der Waals surface area (Å²) in [7, 11) is 3.18. The van der Waals surface area contributed by atoms with E-state index in [9.17, 15) is 9.59 Å². The van der Waals surface area contributed by atoms with Gasteiger partial charge in [-0.1, -0.05) is 59.9 Å². The second-order valence-electron chi connectivity index (χ2n) is 9.10. The molecule has 198 valence electrons. The van der Waals surface area contributed by atoms with Crippen LogP contribution in [0.25, 0.3) is 6.08 Å². The summed E-state index contributed by atoms with van der Waals surface area (Å²) >= 11 is 1.29. The van der Waals surface area contributed by atoms with E-state index in [1.165, 1.54) is 18.3 Å². The van der Waals surface area contributed by atoms with Gasteiger partial charge in [-0.3, -0.25) is 14.2 Å². The number of rotatable bonds is 8. The molecule has 3 aromatic carbocycles. The Hall–Kier alpha value is -4.43. The number of methoxy groups -OCH3 is 2. The summed E-state index contributed by atoms with van der Waals surface area (Å²) in [6, 6.07) is 22.3. The fourth-order valence-corrected chi connectivity index (χ4v) is 5.70. The largest absolute Gasteiger partial charge is 0.497 e. The van der Waals surface area contributed by atoms with Crippen LogP contribution < -0.4 is 29.1 Å². The SMILES string of the molecule is COc1ccc([C@H]2C(C(C)=O)=C(C)N=c3s/c(=C/c4ccc(OCc5ccccc5)c(OC)c4)c(=O)n32)cc1. The summed E-state index contributed by atoms with van der Waals surface area (Å²) in [6.45, 7) is 3.73. The molecule has 39 heavy (non-hydrogen) atoms. The van der Waals surface area contributed by atoms with Crippen LogP contribution in [0.15, 0.2) is 93.9 Å². The van der Waals surface area contributed by atoms with Crippen LogP contribution in [0.3, 0.4) is 0 Å². The molecule has 1 aliphatic rings. The first kappa shape index (κ1) is 26.2. The number of aromatic nitrogens is 1.